The van der Waals surface area contributed by atoms with Crippen LogP contribution in [0.5, 0.6) is 5.88 Å². The Hall–Kier alpha value is -2.50. The average molecular weight is 329 g/mol. The van der Waals surface area contributed by atoms with E-state index in [2.05, 4.69) is 4.98 Å². The van der Waals surface area contributed by atoms with E-state index in [1.165, 1.54) is 0 Å². The van der Waals surface area contributed by atoms with E-state index < -0.39 is 5.60 Å². The normalized spacial score (nSPS) is 14.2. The number of carbonyl (C=O) groups is 1. The summed E-state index contributed by atoms with van der Waals surface area (Å²) in [6, 6.07) is 9.97. The van der Waals surface area contributed by atoms with Gasteiger partial charge in [0.15, 0.2) is 0 Å². The van der Waals surface area contributed by atoms with Crippen LogP contribution in [-0.4, -0.2) is 32.7 Å². The van der Waals surface area contributed by atoms with Gasteiger partial charge in [0.1, 0.15) is 18.0 Å². The molecule has 0 N–H and O–H groups in total. The van der Waals surface area contributed by atoms with E-state index >= 15 is 0 Å². The Morgan fingerprint density at radius 1 is 1.21 bits per heavy atom. The Morgan fingerprint density at radius 3 is 2.67 bits per heavy atom. The SMILES string of the molecule is CC(C)(C)OC(=O)N1CCn2cc(OCc3ccccc3)nc2C1. The quantitative estimate of drug-likeness (QED) is 0.867. The van der Waals surface area contributed by atoms with Crippen LogP contribution in [0.2, 0.25) is 0 Å². The molecule has 3 rings (SSSR count). The fraction of sp³-hybridized carbons (Fsp3) is 0.444. The second kappa shape index (κ2) is 6.55. The highest BCUT2D eigenvalue weighted by atomic mass is 16.6. The zero-order valence-corrected chi connectivity index (χ0v) is 14.4. The lowest BCUT2D eigenvalue weighted by molar-refractivity contribution is 0.0195. The molecule has 24 heavy (non-hydrogen) atoms. The molecule has 0 radical (unpaired) electrons. The Kier molecular flexibility index (Phi) is 4.46. The molecule has 0 fully saturated rings. The topological polar surface area (TPSA) is 56.6 Å². The molecule has 0 atom stereocenters. The Morgan fingerprint density at radius 2 is 1.96 bits per heavy atom. The highest BCUT2D eigenvalue weighted by Crippen LogP contribution is 2.20. The van der Waals surface area contributed by atoms with Gasteiger partial charge in [-0.2, -0.15) is 4.98 Å². The van der Waals surface area contributed by atoms with Gasteiger partial charge < -0.3 is 14.0 Å². The number of fused-ring (bicyclic) bond motifs is 1. The van der Waals surface area contributed by atoms with Gasteiger partial charge in [0.25, 0.3) is 0 Å². The first-order chi connectivity index (χ1) is 11.4. The Bertz CT molecular complexity index is 704. The van der Waals surface area contributed by atoms with Gasteiger partial charge >= 0.3 is 6.09 Å². The van der Waals surface area contributed by atoms with Crippen molar-refractivity contribution in [1.82, 2.24) is 14.5 Å². The molecule has 1 aliphatic heterocycles. The number of carbonyl (C=O) groups excluding carboxylic acids is 1. The van der Waals surface area contributed by atoms with Crippen molar-refractivity contribution in [3.8, 4) is 5.88 Å². The highest BCUT2D eigenvalue weighted by molar-refractivity contribution is 5.68. The molecule has 1 aromatic carbocycles. The summed E-state index contributed by atoms with van der Waals surface area (Å²) < 4.78 is 13.2. The van der Waals surface area contributed by atoms with E-state index in [4.69, 9.17) is 9.47 Å². The summed E-state index contributed by atoms with van der Waals surface area (Å²) in [5.41, 5.74) is 0.604. The zero-order chi connectivity index (χ0) is 17.2. The van der Waals surface area contributed by atoms with Crippen molar-refractivity contribution in [2.45, 2.75) is 46.1 Å². The first-order valence-electron chi connectivity index (χ1n) is 8.11. The van der Waals surface area contributed by atoms with Crippen LogP contribution in [0.4, 0.5) is 4.79 Å². The third-order valence-corrected chi connectivity index (χ3v) is 3.66. The van der Waals surface area contributed by atoms with Gasteiger partial charge in [-0.1, -0.05) is 30.3 Å². The molecule has 128 valence electrons. The summed E-state index contributed by atoms with van der Waals surface area (Å²) in [7, 11) is 0. The second-order valence-corrected chi connectivity index (χ2v) is 6.86. The lowest BCUT2D eigenvalue weighted by atomic mass is 10.2. The van der Waals surface area contributed by atoms with Gasteiger partial charge in [-0.3, -0.25) is 4.90 Å². The molecule has 0 bridgehead atoms. The molecule has 1 aliphatic rings. The number of imidazole rings is 1. The van der Waals surface area contributed by atoms with Crippen LogP contribution in [-0.2, 0) is 24.4 Å². The van der Waals surface area contributed by atoms with E-state index in [1.54, 1.807) is 4.90 Å². The third-order valence-electron chi connectivity index (χ3n) is 3.66. The molecule has 0 unspecified atom stereocenters. The summed E-state index contributed by atoms with van der Waals surface area (Å²) in [6.07, 6.45) is 1.59. The molecular weight excluding hydrogens is 306 g/mol. The predicted octanol–water partition coefficient (Wildman–Crippen LogP) is 3.21. The van der Waals surface area contributed by atoms with Crippen molar-refractivity contribution < 1.29 is 14.3 Å². The average Bonchev–Trinajstić information content (AvgIpc) is 2.94. The molecule has 1 aromatic heterocycles. The lowest BCUT2D eigenvalue weighted by Gasteiger charge is -2.30. The van der Waals surface area contributed by atoms with Gasteiger partial charge in [0, 0.05) is 13.1 Å². The first kappa shape index (κ1) is 16.4. The molecule has 0 saturated heterocycles. The van der Waals surface area contributed by atoms with Gasteiger partial charge in [0.05, 0.1) is 12.7 Å². The molecule has 6 nitrogen and oxygen atoms in total. The number of hydrogen-bond donors (Lipinski definition) is 0. The number of rotatable bonds is 3. The maximum atomic E-state index is 12.2. The van der Waals surface area contributed by atoms with Gasteiger partial charge in [0.2, 0.25) is 5.88 Å². The van der Waals surface area contributed by atoms with E-state index in [9.17, 15) is 4.79 Å². The molecule has 0 aliphatic carbocycles. The van der Waals surface area contributed by atoms with Crippen molar-refractivity contribution in [1.29, 1.82) is 0 Å². The van der Waals surface area contributed by atoms with E-state index in [-0.39, 0.29) is 6.09 Å². The van der Waals surface area contributed by atoms with E-state index in [0.717, 1.165) is 11.4 Å². The number of aromatic nitrogens is 2. The Balaban J connectivity index is 1.61. The van der Waals surface area contributed by atoms with Crippen LogP contribution in [0.25, 0.3) is 0 Å². The first-order valence-corrected chi connectivity index (χ1v) is 8.11. The minimum atomic E-state index is -0.492. The molecular formula is C18H23N3O3. The second-order valence-electron chi connectivity index (χ2n) is 6.86. The molecule has 0 spiro atoms. The van der Waals surface area contributed by atoms with Crippen LogP contribution in [0, 0.1) is 0 Å². The standard InChI is InChI=1S/C18H23N3O3/c1-18(2,3)24-17(22)21-10-9-20-12-16(19-15(20)11-21)23-13-14-7-5-4-6-8-14/h4-8,12H,9-11,13H2,1-3H3. The fourth-order valence-electron chi connectivity index (χ4n) is 2.51. The minimum absolute atomic E-state index is 0.302. The van der Waals surface area contributed by atoms with Crippen molar-refractivity contribution >= 4 is 6.09 Å². The number of nitrogens with zero attached hydrogens (tertiary/aromatic N) is 3. The third kappa shape index (κ3) is 4.07. The maximum Gasteiger partial charge on any atom is 0.410 e. The van der Waals surface area contributed by atoms with Gasteiger partial charge in [-0.15, -0.1) is 0 Å². The molecule has 2 aromatic rings. The summed E-state index contributed by atoms with van der Waals surface area (Å²) >= 11 is 0. The number of benzene rings is 1. The smallest absolute Gasteiger partial charge is 0.410 e. The predicted molar refractivity (Wildman–Crippen MR) is 89.6 cm³/mol. The van der Waals surface area contributed by atoms with Crippen molar-refractivity contribution in [2.24, 2.45) is 0 Å². The van der Waals surface area contributed by atoms with Crippen LogP contribution < -0.4 is 4.74 Å². The van der Waals surface area contributed by atoms with Crippen LogP contribution in [0.15, 0.2) is 36.5 Å². The molecule has 6 heteroatoms. The zero-order valence-electron chi connectivity index (χ0n) is 14.4. The summed E-state index contributed by atoms with van der Waals surface area (Å²) in [5, 5.41) is 0. The Labute approximate surface area is 142 Å². The van der Waals surface area contributed by atoms with E-state index in [1.807, 2.05) is 61.9 Å². The van der Waals surface area contributed by atoms with Crippen LogP contribution in [0.3, 0.4) is 0 Å². The molecule has 0 saturated carbocycles. The van der Waals surface area contributed by atoms with Gasteiger partial charge in [-0.05, 0) is 26.3 Å². The van der Waals surface area contributed by atoms with Crippen LogP contribution in [0.1, 0.15) is 32.2 Å². The lowest BCUT2D eigenvalue weighted by Crippen LogP contribution is -2.41. The van der Waals surface area contributed by atoms with Crippen LogP contribution >= 0.6 is 0 Å². The van der Waals surface area contributed by atoms with Crippen molar-refractivity contribution in [2.75, 3.05) is 6.54 Å². The summed E-state index contributed by atoms with van der Waals surface area (Å²) in [4.78, 5) is 18.3. The number of ether oxygens (including phenoxy) is 2. The summed E-state index contributed by atoms with van der Waals surface area (Å²) in [6.45, 7) is 7.81. The van der Waals surface area contributed by atoms with Crippen molar-refractivity contribution in [3.05, 3.63) is 47.9 Å². The monoisotopic (exact) mass is 329 g/mol. The fourth-order valence-corrected chi connectivity index (χ4v) is 2.51. The largest absolute Gasteiger partial charge is 0.472 e. The van der Waals surface area contributed by atoms with Crippen molar-refractivity contribution in [3.63, 3.8) is 0 Å². The minimum Gasteiger partial charge on any atom is -0.472 e. The number of hydrogen-bond acceptors (Lipinski definition) is 4. The highest BCUT2D eigenvalue weighted by Gasteiger charge is 2.27. The van der Waals surface area contributed by atoms with Gasteiger partial charge in [-0.25, -0.2) is 4.79 Å². The number of amides is 1. The summed E-state index contributed by atoms with van der Waals surface area (Å²) in [5.74, 6) is 1.40. The molecule has 1 amide bonds. The molecule has 2 heterocycles. The van der Waals surface area contributed by atoms with E-state index in [0.29, 0.717) is 32.1 Å². The maximum absolute atomic E-state index is 12.2.